The molecule has 5 nitrogen and oxygen atoms in total. The predicted octanol–water partition coefficient (Wildman–Crippen LogP) is 0.179. The Kier molecular flexibility index (Phi) is 3.80. The molecule has 0 aliphatic heterocycles. The minimum atomic E-state index is -0.865. The van der Waals surface area contributed by atoms with Crippen molar-refractivity contribution in [2.75, 3.05) is 6.26 Å². The van der Waals surface area contributed by atoms with Crippen LogP contribution in [0.3, 0.4) is 0 Å². The van der Waals surface area contributed by atoms with Gasteiger partial charge in [0.1, 0.15) is 0 Å². The second-order valence-electron chi connectivity index (χ2n) is 2.72. The van der Waals surface area contributed by atoms with E-state index in [9.17, 15) is 4.21 Å². The van der Waals surface area contributed by atoms with Crippen LogP contribution in [0.2, 0.25) is 0 Å². The molecule has 1 rings (SSSR count). The van der Waals surface area contributed by atoms with Gasteiger partial charge in [-0.15, -0.1) is 16.7 Å². The van der Waals surface area contributed by atoms with E-state index in [2.05, 4.69) is 15.5 Å². The molecule has 2 atom stereocenters. The Morgan fingerprint density at radius 2 is 2.38 bits per heavy atom. The molecule has 0 radical (unpaired) electrons. The summed E-state index contributed by atoms with van der Waals surface area (Å²) in [6.07, 6.45) is 1.66. The average molecular weight is 223 g/mol. The van der Waals surface area contributed by atoms with Gasteiger partial charge in [-0.2, -0.15) is 0 Å². The van der Waals surface area contributed by atoms with Crippen LogP contribution in [-0.2, 0) is 23.2 Å². The van der Waals surface area contributed by atoms with Crippen LogP contribution in [-0.4, -0.2) is 35.9 Å². The van der Waals surface area contributed by atoms with Crippen LogP contribution in [0.1, 0.15) is 12.7 Å². The number of halogens is 1. The van der Waals surface area contributed by atoms with Gasteiger partial charge in [0.15, 0.2) is 5.82 Å². The predicted molar refractivity (Wildman–Crippen MR) is 50.9 cm³/mol. The van der Waals surface area contributed by atoms with Crippen LogP contribution in [0.4, 0.5) is 0 Å². The lowest BCUT2D eigenvalue weighted by Crippen LogP contribution is -2.19. The van der Waals surface area contributed by atoms with Gasteiger partial charge in [0.05, 0.1) is 17.7 Å². The highest BCUT2D eigenvalue weighted by Gasteiger charge is 2.11. The summed E-state index contributed by atoms with van der Waals surface area (Å²) < 4.78 is 12.6. The number of hydrogen-bond donors (Lipinski definition) is 0. The molecular weight excluding hydrogens is 212 g/mol. The summed E-state index contributed by atoms with van der Waals surface area (Å²) in [5.41, 5.74) is 0. The fourth-order valence-electron chi connectivity index (χ4n) is 0.809. The summed E-state index contributed by atoms with van der Waals surface area (Å²) in [5.74, 6) is 0.884. The molecular formula is C6H11ClN4OS. The van der Waals surface area contributed by atoms with Crippen LogP contribution >= 0.6 is 11.6 Å². The second-order valence-corrected chi connectivity index (χ2v) is 4.79. The number of rotatable bonds is 4. The molecule has 0 amide bonds. The quantitative estimate of drug-likeness (QED) is 0.682. The van der Waals surface area contributed by atoms with Gasteiger partial charge in [-0.1, -0.05) is 0 Å². The van der Waals surface area contributed by atoms with Crippen LogP contribution in [0.25, 0.3) is 0 Å². The number of aromatic nitrogens is 4. The van der Waals surface area contributed by atoms with Crippen LogP contribution in [0, 0.1) is 0 Å². The lowest BCUT2D eigenvalue weighted by atomic mass is 10.5. The molecule has 1 heterocycles. The SMILES string of the molecule is CC(Cn1nnnc1CCl)S(C)=O. The number of hydrogen-bond acceptors (Lipinski definition) is 4. The molecule has 0 aliphatic carbocycles. The molecule has 0 spiro atoms. The molecule has 13 heavy (non-hydrogen) atoms. The minimum absolute atomic E-state index is 0.0328. The normalized spacial score (nSPS) is 15.6. The van der Waals surface area contributed by atoms with Gasteiger partial charge >= 0.3 is 0 Å². The van der Waals surface area contributed by atoms with Gasteiger partial charge in [0.25, 0.3) is 0 Å². The van der Waals surface area contributed by atoms with Crippen molar-refractivity contribution in [1.29, 1.82) is 0 Å². The van der Waals surface area contributed by atoms with E-state index in [1.54, 1.807) is 10.9 Å². The first-order valence-corrected chi connectivity index (χ1v) is 5.94. The van der Waals surface area contributed by atoms with Gasteiger partial charge in [-0.3, -0.25) is 4.21 Å². The maximum absolute atomic E-state index is 11.1. The zero-order chi connectivity index (χ0) is 9.84. The van der Waals surface area contributed by atoms with E-state index >= 15 is 0 Å². The molecule has 0 saturated carbocycles. The number of nitrogens with zero attached hydrogens (tertiary/aromatic N) is 4. The summed E-state index contributed by atoms with van der Waals surface area (Å²) in [6.45, 7) is 2.42. The van der Waals surface area contributed by atoms with Crippen LogP contribution < -0.4 is 0 Å². The molecule has 7 heteroatoms. The minimum Gasteiger partial charge on any atom is -0.260 e. The largest absolute Gasteiger partial charge is 0.260 e. The number of tetrazole rings is 1. The van der Waals surface area contributed by atoms with E-state index in [0.717, 1.165) is 0 Å². The summed E-state index contributed by atoms with van der Waals surface area (Å²) >= 11 is 5.60. The molecule has 0 saturated heterocycles. The van der Waals surface area contributed by atoms with Crippen molar-refractivity contribution >= 4 is 22.4 Å². The summed E-state index contributed by atoms with van der Waals surface area (Å²) in [6, 6.07) is 0. The first-order valence-electron chi connectivity index (χ1n) is 3.78. The van der Waals surface area contributed by atoms with E-state index in [-0.39, 0.29) is 11.1 Å². The molecule has 0 bridgehead atoms. The third-order valence-electron chi connectivity index (χ3n) is 1.72. The van der Waals surface area contributed by atoms with Crippen LogP contribution in [0.15, 0.2) is 0 Å². The molecule has 0 fully saturated rings. The van der Waals surface area contributed by atoms with Crippen molar-refractivity contribution in [3.63, 3.8) is 0 Å². The Labute approximate surface area is 83.9 Å². The Balaban J connectivity index is 2.68. The molecule has 0 aliphatic rings. The van der Waals surface area contributed by atoms with E-state index in [4.69, 9.17) is 11.6 Å². The second kappa shape index (κ2) is 4.66. The zero-order valence-corrected chi connectivity index (χ0v) is 9.05. The van der Waals surface area contributed by atoms with Gasteiger partial charge in [0, 0.05) is 17.1 Å². The van der Waals surface area contributed by atoms with Gasteiger partial charge in [0.2, 0.25) is 0 Å². The van der Waals surface area contributed by atoms with Crippen molar-refractivity contribution in [3.8, 4) is 0 Å². The molecule has 0 aromatic carbocycles. The van der Waals surface area contributed by atoms with Crippen molar-refractivity contribution in [2.24, 2.45) is 0 Å². The van der Waals surface area contributed by atoms with Crippen LogP contribution in [0.5, 0.6) is 0 Å². The highest BCUT2D eigenvalue weighted by molar-refractivity contribution is 7.84. The van der Waals surface area contributed by atoms with Crippen molar-refractivity contribution < 1.29 is 4.21 Å². The maximum Gasteiger partial charge on any atom is 0.166 e. The highest BCUT2D eigenvalue weighted by Crippen LogP contribution is 2.01. The third-order valence-corrected chi connectivity index (χ3v) is 3.24. The van der Waals surface area contributed by atoms with Crippen molar-refractivity contribution in [1.82, 2.24) is 20.2 Å². The zero-order valence-electron chi connectivity index (χ0n) is 7.47. The Morgan fingerprint density at radius 1 is 1.69 bits per heavy atom. The molecule has 2 unspecified atom stereocenters. The lowest BCUT2D eigenvalue weighted by molar-refractivity contribution is 0.561. The fraction of sp³-hybridized carbons (Fsp3) is 0.833. The first kappa shape index (κ1) is 10.6. The summed E-state index contributed by atoms with van der Waals surface area (Å²) in [7, 11) is -0.865. The molecule has 1 aromatic heterocycles. The van der Waals surface area contributed by atoms with E-state index in [1.165, 1.54) is 0 Å². The smallest absolute Gasteiger partial charge is 0.166 e. The van der Waals surface area contributed by atoms with Gasteiger partial charge < -0.3 is 0 Å². The van der Waals surface area contributed by atoms with E-state index in [1.807, 2.05) is 6.92 Å². The Hall–Kier alpha value is -0.490. The van der Waals surface area contributed by atoms with Crippen molar-refractivity contribution in [3.05, 3.63) is 5.82 Å². The Morgan fingerprint density at radius 3 is 2.92 bits per heavy atom. The lowest BCUT2D eigenvalue weighted by Gasteiger charge is -2.07. The molecule has 74 valence electrons. The summed E-state index contributed by atoms with van der Waals surface area (Å²) in [5, 5.41) is 11.0. The van der Waals surface area contributed by atoms with E-state index < -0.39 is 10.8 Å². The standard InChI is InChI=1S/C6H11ClN4OS/c1-5(13(2)12)4-11-6(3-7)8-9-10-11/h5H,3-4H2,1-2H3. The van der Waals surface area contributed by atoms with Gasteiger partial charge in [-0.25, -0.2) is 4.68 Å². The molecule has 1 aromatic rings. The molecule has 0 N–H and O–H groups in total. The maximum atomic E-state index is 11.1. The third kappa shape index (κ3) is 2.73. The van der Waals surface area contributed by atoms with Gasteiger partial charge in [-0.05, 0) is 17.4 Å². The average Bonchev–Trinajstić information content (AvgIpc) is 2.51. The van der Waals surface area contributed by atoms with E-state index in [0.29, 0.717) is 12.4 Å². The Bertz CT molecular complexity index is 303. The fourth-order valence-corrected chi connectivity index (χ4v) is 1.35. The first-order chi connectivity index (χ1) is 6.15. The topological polar surface area (TPSA) is 60.7 Å². The summed E-state index contributed by atoms with van der Waals surface area (Å²) in [4.78, 5) is 0. The monoisotopic (exact) mass is 222 g/mol. The number of alkyl halides is 1. The highest BCUT2D eigenvalue weighted by atomic mass is 35.5. The van der Waals surface area contributed by atoms with Crippen molar-refractivity contribution in [2.45, 2.75) is 24.6 Å².